The first-order chi connectivity index (χ1) is 8.24. The SMILES string of the molecule is CN(CCc1cc(Br)cs1)CCC1CCNC1. The van der Waals surface area contributed by atoms with Gasteiger partial charge in [-0.05, 0) is 73.9 Å². The molecule has 1 saturated heterocycles. The minimum absolute atomic E-state index is 0.910. The molecule has 0 spiro atoms. The van der Waals surface area contributed by atoms with Crippen LogP contribution in [0.4, 0.5) is 0 Å². The maximum Gasteiger partial charge on any atom is 0.0285 e. The lowest BCUT2D eigenvalue weighted by Crippen LogP contribution is -2.24. The monoisotopic (exact) mass is 316 g/mol. The first-order valence-electron chi connectivity index (χ1n) is 6.36. The maximum atomic E-state index is 3.50. The number of halogens is 1. The molecule has 17 heavy (non-hydrogen) atoms. The minimum atomic E-state index is 0.910. The molecular formula is C13H21BrN2S. The first-order valence-corrected chi connectivity index (χ1v) is 8.03. The molecule has 0 amide bonds. The zero-order valence-electron chi connectivity index (χ0n) is 10.4. The summed E-state index contributed by atoms with van der Waals surface area (Å²) in [5.41, 5.74) is 0. The van der Waals surface area contributed by atoms with E-state index in [2.05, 4.69) is 44.6 Å². The van der Waals surface area contributed by atoms with E-state index in [4.69, 9.17) is 0 Å². The number of nitrogens with zero attached hydrogens (tertiary/aromatic N) is 1. The smallest absolute Gasteiger partial charge is 0.0285 e. The molecular weight excluding hydrogens is 296 g/mol. The van der Waals surface area contributed by atoms with E-state index in [-0.39, 0.29) is 0 Å². The molecule has 1 aromatic heterocycles. The van der Waals surface area contributed by atoms with E-state index < -0.39 is 0 Å². The molecule has 1 aliphatic rings. The van der Waals surface area contributed by atoms with Crippen LogP contribution in [0.2, 0.25) is 0 Å². The zero-order valence-corrected chi connectivity index (χ0v) is 12.8. The summed E-state index contributed by atoms with van der Waals surface area (Å²) in [6.45, 7) is 4.86. The summed E-state index contributed by atoms with van der Waals surface area (Å²) in [5.74, 6) is 0.910. The van der Waals surface area contributed by atoms with Crippen molar-refractivity contribution in [3.8, 4) is 0 Å². The number of rotatable bonds is 6. The molecule has 0 aromatic carbocycles. The molecule has 2 rings (SSSR count). The van der Waals surface area contributed by atoms with Crippen LogP contribution in [0.3, 0.4) is 0 Å². The van der Waals surface area contributed by atoms with Gasteiger partial charge < -0.3 is 10.2 Å². The van der Waals surface area contributed by atoms with E-state index >= 15 is 0 Å². The lowest BCUT2D eigenvalue weighted by molar-refractivity contribution is 0.309. The van der Waals surface area contributed by atoms with Gasteiger partial charge in [0, 0.05) is 21.3 Å². The van der Waals surface area contributed by atoms with Gasteiger partial charge in [0.15, 0.2) is 0 Å². The molecule has 0 radical (unpaired) electrons. The zero-order chi connectivity index (χ0) is 12.1. The number of nitrogens with one attached hydrogen (secondary N) is 1. The lowest BCUT2D eigenvalue weighted by Gasteiger charge is -2.18. The standard InChI is InChI=1S/C13H21BrN2S/c1-16(6-3-11-2-5-15-9-11)7-4-13-8-12(14)10-17-13/h8,10-11,15H,2-7,9H2,1H3. The van der Waals surface area contributed by atoms with E-state index in [0.29, 0.717) is 0 Å². The predicted octanol–water partition coefficient (Wildman–Crippen LogP) is 2.98. The molecule has 1 aromatic rings. The third-order valence-electron chi connectivity index (χ3n) is 3.44. The summed E-state index contributed by atoms with van der Waals surface area (Å²) in [6, 6.07) is 2.24. The Bertz CT molecular complexity index is 334. The highest BCUT2D eigenvalue weighted by Crippen LogP contribution is 2.20. The minimum Gasteiger partial charge on any atom is -0.316 e. The fourth-order valence-electron chi connectivity index (χ4n) is 2.26. The number of likely N-dealkylation sites (N-methyl/N-ethyl adjacent to an activating group) is 1. The molecule has 96 valence electrons. The van der Waals surface area contributed by atoms with Crippen molar-refractivity contribution >= 4 is 27.3 Å². The van der Waals surface area contributed by atoms with E-state index in [1.165, 1.54) is 54.8 Å². The second-order valence-corrected chi connectivity index (χ2v) is 6.84. The highest BCUT2D eigenvalue weighted by molar-refractivity contribution is 9.10. The Labute approximate surface area is 117 Å². The lowest BCUT2D eigenvalue weighted by atomic mass is 10.1. The van der Waals surface area contributed by atoms with E-state index in [1.54, 1.807) is 0 Å². The van der Waals surface area contributed by atoms with E-state index in [9.17, 15) is 0 Å². The Kier molecular flexibility index (Phi) is 5.48. The van der Waals surface area contributed by atoms with Gasteiger partial charge >= 0.3 is 0 Å². The summed E-state index contributed by atoms with van der Waals surface area (Å²) in [4.78, 5) is 3.94. The quantitative estimate of drug-likeness (QED) is 0.868. The summed E-state index contributed by atoms with van der Waals surface area (Å²) < 4.78 is 1.22. The predicted molar refractivity (Wildman–Crippen MR) is 78.8 cm³/mol. The normalized spacial score (nSPS) is 20.3. The largest absolute Gasteiger partial charge is 0.316 e. The molecule has 1 unspecified atom stereocenters. The molecule has 4 heteroatoms. The number of hydrogen-bond donors (Lipinski definition) is 1. The van der Waals surface area contributed by atoms with Crippen molar-refractivity contribution in [2.75, 3.05) is 33.2 Å². The van der Waals surface area contributed by atoms with Crippen molar-refractivity contribution in [2.45, 2.75) is 19.3 Å². The Morgan fingerprint density at radius 1 is 1.53 bits per heavy atom. The van der Waals surface area contributed by atoms with Gasteiger partial charge in [0.25, 0.3) is 0 Å². The van der Waals surface area contributed by atoms with Crippen molar-refractivity contribution < 1.29 is 0 Å². The molecule has 1 N–H and O–H groups in total. The van der Waals surface area contributed by atoms with Crippen LogP contribution in [0, 0.1) is 5.92 Å². The summed E-state index contributed by atoms with van der Waals surface area (Å²) in [7, 11) is 2.24. The fraction of sp³-hybridized carbons (Fsp3) is 0.692. The van der Waals surface area contributed by atoms with Crippen LogP contribution in [0.15, 0.2) is 15.9 Å². The molecule has 0 aliphatic carbocycles. The molecule has 2 heterocycles. The van der Waals surface area contributed by atoms with Crippen LogP contribution in [-0.2, 0) is 6.42 Å². The Hall–Kier alpha value is 0.1000. The summed E-state index contributed by atoms with van der Waals surface area (Å²) in [5, 5.41) is 5.60. The molecule has 0 bridgehead atoms. The van der Waals surface area contributed by atoms with Crippen LogP contribution >= 0.6 is 27.3 Å². The van der Waals surface area contributed by atoms with Crippen LogP contribution in [0.1, 0.15) is 17.7 Å². The second kappa shape index (κ2) is 6.88. The molecule has 1 atom stereocenters. The van der Waals surface area contributed by atoms with E-state index in [1.807, 2.05) is 11.3 Å². The third kappa shape index (κ3) is 4.70. The van der Waals surface area contributed by atoms with Gasteiger partial charge in [0.05, 0.1) is 0 Å². The van der Waals surface area contributed by atoms with Crippen LogP contribution in [0.5, 0.6) is 0 Å². The average molecular weight is 317 g/mol. The number of thiophene rings is 1. The van der Waals surface area contributed by atoms with Gasteiger partial charge in [0.1, 0.15) is 0 Å². The molecule has 1 aliphatic heterocycles. The van der Waals surface area contributed by atoms with Gasteiger partial charge in [-0.3, -0.25) is 0 Å². The van der Waals surface area contributed by atoms with Gasteiger partial charge in [0.2, 0.25) is 0 Å². The molecule has 0 saturated carbocycles. The van der Waals surface area contributed by atoms with Crippen molar-refractivity contribution in [3.05, 3.63) is 20.8 Å². The highest BCUT2D eigenvalue weighted by atomic mass is 79.9. The molecule has 1 fully saturated rings. The first kappa shape index (κ1) is 13.5. The topological polar surface area (TPSA) is 15.3 Å². The van der Waals surface area contributed by atoms with Gasteiger partial charge in [-0.1, -0.05) is 0 Å². The second-order valence-electron chi connectivity index (χ2n) is 4.93. The van der Waals surface area contributed by atoms with Crippen molar-refractivity contribution in [2.24, 2.45) is 5.92 Å². The maximum absolute atomic E-state index is 3.50. The average Bonchev–Trinajstić information content (AvgIpc) is 2.95. The van der Waals surface area contributed by atoms with Crippen LogP contribution in [-0.4, -0.2) is 38.1 Å². The third-order valence-corrected chi connectivity index (χ3v) is 5.20. The molecule has 2 nitrogen and oxygen atoms in total. The van der Waals surface area contributed by atoms with Gasteiger partial charge in [-0.15, -0.1) is 11.3 Å². The Morgan fingerprint density at radius 2 is 2.41 bits per heavy atom. The van der Waals surface area contributed by atoms with Crippen molar-refractivity contribution in [3.63, 3.8) is 0 Å². The fourth-order valence-corrected chi connectivity index (χ4v) is 3.71. The van der Waals surface area contributed by atoms with Crippen LogP contribution in [0.25, 0.3) is 0 Å². The van der Waals surface area contributed by atoms with Crippen LogP contribution < -0.4 is 5.32 Å². The Morgan fingerprint density at radius 3 is 3.06 bits per heavy atom. The van der Waals surface area contributed by atoms with Crippen molar-refractivity contribution in [1.29, 1.82) is 0 Å². The van der Waals surface area contributed by atoms with E-state index in [0.717, 1.165) is 5.92 Å². The van der Waals surface area contributed by atoms with Gasteiger partial charge in [-0.2, -0.15) is 0 Å². The number of hydrogen-bond acceptors (Lipinski definition) is 3. The highest BCUT2D eigenvalue weighted by Gasteiger charge is 2.14. The summed E-state index contributed by atoms with van der Waals surface area (Å²) >= 11 is 5.36. The van der Waals surface area contributed by atoms with Gasteiger partial charge in [-0.25, -0.2) is 0 Å². The summed E-state index contributed by atoms with van der Waals surface area (Å²) in [6.07, 6.45) is 3.89. The Balaban J connectivity index is 1.61. The van der Waals surface area contributed by atoms with Crippen molar-refractivity contribution in [1.82, 2.24) is 10.2 Å².